The highest BCUT2D eigenvalue weighted by molar-refractivity contribution is 6.09. The van der Waals surface area contributed by atoms with E-state index in [-0.39, 0.29) is 11.7 Å². The molecule has 0 N–H and O–H groups in total. The van der Waals surface area contributed by atoms with Crippen molar-refractivity contribution in [2.75, 3.05) is 6.61 Å². The highest BCUT2D eigenvalue weighted by atomic mass is 16.7. The van der Waals surface area contributed by atoms with Gasteiger partial charge < -0.3 is 14.0 Å². The Balaban J connectivity index is 1.54. The summed E-state index contributed by atoms with van der Waals surface area (Å²) in [4.78, 5) is 0. The zero-order valence-corrected chi connectivity index (χ0v) is 23.0. The second kappa shape index (κ2) is 11.7. The minimum atomic E-state index is -0.178. The Morgan fingerprint density at radius 2 is 1.51 bits per heavy atom. The van der Waals surface area contributed by atoms with E-state index in [2.05, 4.69) is 92.1 Å². The van der Waals surface area contributed by atoms with Gasteiger partial charge in [-0.1, -0.05) is 102 Å². The average molecular weight is 498 g/mol. The second-order valence-electron chi connectivity index (χ2n) is 11.4. The second-order valence-corrected chi connectivity index (χ2v) is 11.4. The van der Waals surface area contributed by atoms with E-state index in [0.29, 0.717) is 0 Å². The molecule has 196 valence electrons. The van der Waals surface area contributed by atoms with E-state index in [9.17, 15) is 0 Å². The first-order valence-electron chi connectivity index (χ1n) is 14.5. The minimum Gasteiger partial charge on any atom is -0.463 e. The molecule has 0 spiro atoms. The summed E-state index contributed by atoms with van der Waals surface area (Å²) in [5.41, 5.74) is 5.00. The van der Waals surface area contributed by atoms with Crippen LogP contribution in [-0.2, 0) is 10.2 Å². The number of ether oxygens (including phenoxy) is 2. The van der Waals surface area contributed by atoms with E-state index in [1.165, 1.54) is 72.3 Å². The fourth-order valence-electron chi connectivity index (χ4n) is 5.83. The number of benzene rings is 3. The number of rotatable bonds is 11. The Hall–Kier alpha value is -2.78. The SMILES string of the molecule is CCCCCCCCC(C)(C)c1ccc(OC2CCCCO2)c(-n2c3ccccc3c3ccccc32)c1. The molecule has 0 bridgehead atoms. The van der Waals surface area contributed by atoms with Crippen LogP contribution in [0.2, 0.25) is 0 Å². The number of hydrogen-bond acceptors (Lipinski definition) is 2. The molecule has 1 aromatic heterocycles. The maximum atomic E-state index is 6.57. The molecule has 1 saturated heterocycles. The van der Waals surface area contributed by atoms with Crippen molar-refractivity contribution >= 4 is 21.8 Å². The van der Waals surface area contributed by atoms with Gasteiger partial charge in [0, 0.05) is 17.2 Å². The predicted octanol–water partition coefficient (Wildman–Crippen LogP) is 9.72. The Morgan fingerprint density at radius 3 is 2.19 bits per heavy atom. The molecule has 1 unspecified atom stereocenters. The van der Waals surface area contributed by atoms with Crippen LogP contribution in [0.5, 0.6) is 5.75 Å². The maximum Gasteiger partial charge on any atom is 0.199 e. The van der Waals surface area contributed by atoms with E-state index >= 15 is 0 Å². The fourth-order valence-corrected chi connectivity index (χ4v) is 5.83. The lowest BCUT2D eigenvalue weighted by Crippen LogP contribution is -2.25. The molecule has 0 saturated carbocycles. The molecule has 3 aromatic carbocycles. The molecule has 2 heterocycles. The molecule has 1 atom stereocenters. The molecular weight excluding hydrogens is 454 g/mol. The van der Waals surface area contributed by atoms with E-state index in [0.717, 1.165) is 37.3 Å². The Bertz CT molecular complexity index is 1260. The van der Waals surface area contributed by atoms with Gasteiger partial charge >= 0.3 is 0 Å². The lowest BCUT2D eigenvalue weighted by atomic mass is 9.79. The predicted molar refractivity (Wildman–Crippen MR) is 156 cm³/mol. The van der Waals surface area contributed by atoms with Crippen molar-refractivity contribution in [2.45, 2.75) is 96.7 Å². The van der Waals surface area contributed by atoms with Crippen LogP contribution in [-0.4, -0.2) is 17.5 Å². The fraction of sp³-hybridized carbons (Fsp3) is 0.471. The summed E-state index contributed by atoms with van der Waals surface area (Å²) in [6.45, 7) is 7.86. The molecule has 0 radical (unpaired) electrons. The lowest BCUT2D eigenvalue weighted by Gasteiger charge is -2.29. The average Bonchev–Trinajstić information content (AvgIpc) is 3.26. The van der Waals surface area contributed by atoms with Gasteiger partial charge in [-0.25, -0.2) is 0 Å². The normalized spacial score (nSPS) is 16.5. The first-order valence-corrected chi connectivity index (χ1v) is 14.5. The van der Waals surface area contributed by atoms with Gasteiger partial charge in [0.25, 0.3) is 0 Å². The smallest absolute Gasteiger partial charge is 0.199 e. The molecule has 37 heavy (non-hydrogen) atoms. The van der Waals surface area contributed by atoms with Crippen molar-refractivity contribution in [1.29, 1.82) is 0 Å². The van der Waals surface area contributed by atoms with Crippen LogP contribution in [0.3, 0.4) is 0 Å². The Labute approximate surface area is 222 Å². The van der Waals surface area contributed by atoms with Crippen LogP contribution in [0.1, 0.15) is 90.5 Å². The molecular formula is C34H43NO2. The molecule has 1 aliphatic rings. The van der Waals surface area contributed by atoms with Crippen molar-refractivity contribution in [1.82, 2.24) is 4.57 Å². The third-order valence-electron chi connectivity index (χ3n) is 8.11. The molecule has 4 aromatic rings. The zero-order valence-electron chi connectivity index (χ0n) is 23.0. The van der Waals surface area contributed by atoms with Crippen molar-refractivity contribution in [3.63, 3.8) is 0 Å². The van der Waals surface area contributed by atoms with E-state index in [1.54, 1.807) is 0 Å². The summed E-state index contributed by atoms with van der Waals surface area (Å²) >= 11 is 0. The minimum absolute atomic E-state index is 0.0954. The summed E-state index contributed by atoms with van der Waals surface area (Å²) < 4.78 is 15.0. The topological polar surface area (TPSA) is 23.4 Å². The third-order valence-corrected chi connectivity index (χ3v) is 8.11. The Morgan fingerprint density at radius 1 is 0.838 bits per heavy atom. The number of aromatic nitrogens is 1. The molecule has 3 heteroatoms. The van der Waals surface area contributed by atoms with E-state index < -0.39 is 0 Å². The van der Waals surface area contributed by atoms with Crippen molar-refractivity contribution in [3.05, 3.63) is 72.3 Å². The van der Waals surface area contributed by atoms with Gasteiger partial charge in [0.2, 0.25) is 0 Å². The van der Waals surface area contributed by atoms with Gasteiger partial charge in [-0.05, 0) is 54.5 Å². The van der Waals surface area contributed by atoms with Gasteiger partial charge in [-0.3, -0.25) is 0 Å². The summed E-state index contributed by atoms with van der Waals surface area (Å²) in [6.07, 6.45) is 12.2. The number of hydrogen-bond donors (Lipinski definition) is 0. The lowest BCUT2D eigenvalue weighted by molar-refractivity contribution is -0.105. The van der Waals surface area contributed by atoms with E-state index in [1.807, 2.05) is 0 Å². The summed E-state index contributed by atoms with van der Waals surface area (Å²) in [5, 5.41) is 2.55. The van der Waals surface area contributed by atoms with Crippen LogP contribution in [0, 0.1) is 0 Å². The molecule has 0 amide bonds. The molecule has 0 aliphatic carbocycles. The van der Waals surface area contributed by atoms with Gasteiger partial charge in [0.15, 0.2) is 6.29 Å². The van der Waals surface area contributed by atoms with Crippen molar-refractivity contribution in [2.24, 2.45) is 0 Å². The first kappa shape index (κ1) is 25.9. The number of fused-ring (bicyclic) bond motifs is 3. The highest BCUT2D eigenvalue weighted by Crippen LogP contribution is 2.39. The zero-order chi connectivity index (χ0) is 25.7. The van der Waals surface area contributed by atoms with Crippen molar-refractivity contribution in [3.8, 4) is 11.4 Å². The van der Waals surface area contributed by atoms with Crippen molar-refractivity contribution < 1.29 is 9.47 Å². The molecule has 3 nitrogen and oxygen atoms in total. The number of para-hydroxylation sites is 2. The standard InChI is InChI=1S/C34H43NO2/c1-4-5-6-7-8-14-23-34(2,3)26-21-22-32(37-33-20-13-15-24-36-33)31(25-26)35-29-18-11-9-16-27(29)28-17-10-12-19-30(28)35/h9-12,16-19,21-22,25,33H,4-8,13-15,20,23-24H2,1-3H3. The van der Waals surface area contributed by atoms with Gasteiger partial charge in [-0.2, -0.15) is 0 Å². The Kier molecular flexibility index (Phi) is 8.20. The summed E-state index contributed by atoms with van der Waals surface area (Å²) in [6, 6.07) is 24.3. The molecule has 1 fully saturated rings. The maximum absolute atomic E-state index is 6.57. The van der Waals surface area contributed by atoms with Crippen LogP contribution in [0.4, 0.5) is 0 Å². The molecule has 1 aliphatic heterocycles. The monoisotopic (exact) mass is 497 g/mol. The summed E-state index contributed by atoms with van der Waals surface area (Å²) in [7, 11) is 0. The highest BCUT2D eigenvalue weighted by Gasteiger charge is 2.25. The largest absolute Gasteiger partial charge is 0.463 e. The quantitative estimate of drug-likeness (QED) is 0.193. The van der Waals surface area contributed by atoms with Gasteiger partial charge in [0.05, 0.1) is 23.3 Å². The van der Waals surface area contributed by atoms with Gasteiger partial charge in [0.1, 0.15) is 5.75 Å². The molecule has 5 rings (SSSR count). The number of nitrogens with zero attached hydrogens (tertiary/aromatic N) is 1. The van der Waals surface area contributed by atoms with Crippen LogP contribution in [0.25, 0.3) is 27.5 Å². The van der Waals surface area contributed by atoms with Crippen LogP contribution < -0.4 is 4.74 Å². The van der Waals surface area contributed by atoms with Gasteiger partial charge in [-0.15, -0.1) is 0 Å². The van der Waals surface area contributed by atoms with Crippen LogP contribution >= 0.6 is 0 Å². The third kappa shape index (κ3) is 5.72. The summed E-state index contributed by atoms with van der Waals surface area (Å²) in [5.74, 6) is 0.900. The number of unbranched alkanes of at least 4 members (excludes halogenated alkanes) is 5. The first-order chi connectivity index (χ1) is 18.1. The van der Waals surface area contributed by atoms with Crippen LogP contribution in [0.15, 0.2) is 66.7 Å². The van der Waals surface area contributed by atoms with E-state index in [4.69, 9.17) is 9.47 Å².